The Labute approximate surface area is 70.8 Å². The van der Waals surface area contributed by atoms with Gasteiger partial charge < -0.3 is 5.73 Å². The van der Waals surface area contributed by atoms with Crippen LogP contribution in [0, 0.1) is 11.3 Å². The molecule has 64 valence electrons. The standard InChI is InChI=1S/C7H11N5/c1-7(2,4-9)12-5-10-6(3-8)11-12/h5H,4,9H2,1-2H3. The van der Waals surface area contributed by atoms with E-state index in [2.05, 4.69) is 10.1 Å². The number of aromatic nitrogens is 3. The summed E-state index contributed by atoms with van der Waals surface area (Å²) in [7, 11) is 0. The lowest BCUT2D eigenvalue weighted by Crippen LogP contribution is -2.35. The Balaban J connectivity index is 2.98. The van der Waals surface area contributed by atoms with Crippen LogP contribution in [0.15, 0.2) is 6.33 Å². The Kier molecular flexibility index (Phi) is 2.11. The van der Waals surface area contributed by atoms with Gasteiger partial charge in [0.15, 0.2) is 0 Å². The van der Waals surface area contributed by atoms with Crippen molar-refractivity contribution < 1.29 is 0 Å². The fraction of sp³-hybridized carbons (Fsp3) is 0.571. The molecule has 0 bridgehead atoms. The summed E-state index contributed by atoms with van der Waals surface area (Å²) >= 11 is 0. The molecule has 2 N–H and O–H groups in total. The Morgan fingerprint density at radius 2 is 2.42 bits per heavy atom. The second-order valence-electron chi connectivity index (χ2n) is 3.14. The molecule has 0 saturated heterocycles. The SMILES string of the molecule is CC(C)(CN)n1cnc(C#N)n1. The van der Waals surface area contributed by atoms with Crippen LogP contribution in [0.1, 0.15) is 19.7 Å². The van der Waals surface area contributed by atoms with Crippen molar-refractivity contribution in [1.82, 2.24) is 14.8 Å². The first kappa shape index (κ1) is 8.68. The molecule has 5 nitrogen and oxygen atoms in total. The van der Waals surface area contributed by atoms with Crippen molar-refractivity contribution in [1.29, 1.82) is 5.26 Å². The third kappa shape index (κ3) is 1.43. The zero-order chi connectivity index (χ0) is 9.19. The van der Waals surface area contributed by atoms with Crippen LogP contribution in [-0.4, -0.2) is 21.3 Å². The maximum Gasteiger partial charge on any atom is 0.252 e. The van der Waals surface area contributed by atoms with Gasteiger partial charge >= 0.3 is 0 Å². The Morgan fingerprint density at radius 3 is 2.83 bits per heavy atom. The van der Waals surface area contributed by atoms with Gasteiger partial charge in [0.05, 0.1) is 5.54 Å². The molecule has 0 amide bonds. The van der Waals surface area contributed by atoms with Crippen LogP contribution >= 0.6 is 0 Å². The van der Waals surface area contributed by atoms with Gasteiger partial charge in [0.25, 0.3) is 5.82 Å². The largest absolute Gasteiger partial charge is 0.328 e. The van der Waals surface area contributed by atoms with Crippen LogP contribution in [0.25, 0.3) is 0 Å². The van der Waals surface area contributed by atoms with Crippen molar-refractivity contribution in [2.75, 3.05) is 6.54 Å². The molecule has 0 fully saturated rings. The third-order valence-electron chi connectivity index (χ3n) is 1.71. The van der Waals surface area contributed by atoms with Gasteiger partial charge in [0.2, 0.25) is 0 Å². The predicted molar refractivity (Wildman–Crippen MR) is 43.1 cm³/mol. The molecule has 1 aromatic rings. The van der Waals surface area contributed by atoms with Crippen LogP contribution < -0.4 is 5.73 Å². The molecular formula is C7H11N5. The minimum atomic E-state index is -0.276. The van der Waals surface area contributed by atoms with E-state index in [1.807, 2.05) is 19.9 Å². The molecule has 0 spiro atoms. The highest BCUT2D eigenvalue weighted by atomic mass is 15.4. The third-order valence-corrected chi connectivity index (χ3v) is 1.71. The average molecular weight is 165 g/mol. The Morgan fingerprint density at radius 1 is 1.75 bits per heavy atom. The second kappa shape index (κ2) is 2.91. The average Bonchev–Trinajstić information content (AvgIpc) is 2.52. The summed E-state index contributed by atoms with van der Waals surface area (Å²) in [6.07, 6.45) is 1.52. The van der Waals surface area contributed by atoms with E-state index < -0.39 is 0 Å². The van der Waals surface area contributed by atoms with Crippen LogP contribution in [0.2, 0.25) is 0 Å². The first-order valence-electron chi connectivity index (χ1n) is 3.62. The summed E-state index contributed by atoms with van der Waals surface area (Å²) in [4.78, 5) is 3.78. The monoisotopic (exact) mass is 165 g/mol. The van der Waals surface area contributed by atoms with E-state index in [-0.39, 0.29) is 11.4 Å². The molecule has 0 atom stereocenters. The first-order valence-corrected chi connectivity index (χ1v) is 3.62. The van der Waals surface area contributed by atoms with E-state index in [0.717, 1.165) is 0 Å². The lowest BCUT2D eigenvalue weighted by molar-refractivity contribution is 0.328. The number of nitriles is 1. The van der Waals surface area contributed by atoms with Crippen molar-refractivity contribution in [3.05, 3.63) is 12.2 Å². The summed E-state index contributed by atoms with van der Waals surface area (Å²) in [6.45, 7) is 4.33. The summed E-state index contributed by atoms with van der Waals surface area (Å²) in [5.74, 6) is 0.177. The van der Waals surface area contributed by atoms with Gasteiger partial charge in [-0.15, -0.1) is 5.10 Å². The molecule has 0 aliphatic rings. The van der Waals surface area contributed by atoms with Gasteiger partial charge in [-0.2, -0.15) is 5.26 Å². The van der Waals surface area contributed by atoms with E-state index in [9.17, 15) is 0 Å². The topological polar surface area (TPSA) is 80.5 Å². The number of rotatable bonds is 2. The van der Waals surface area contributed by atoms with E-state index >= 15 is 0 Å². The summed E-state index contributed by atoms with van der Waals surface area (Å²) in [5.41, 5.74) is 5.24. The highest BCUT2D eigenvalue weighted by molar-refractivity contribution is 5.06. The van der Waals surface area contributed by atoms with Gasteiger partial charge in [-0.05, 0) is 13.8 Å². The van der Waals surface area contributed by atoms with Crippen LogP contribution in [0.4, 0.5) is 0 Å². The van der Waals surface area contributed by atoms with Crippen LogP contribution in [-0.2, 0) is 5.54 Å². The summed E-state index contributed by atoms with van der Waals surface area (Å²) < 4.78 is 1.60. The number of nitrogens with zero attached hydrogens (tertiary/aromatic N) is 4. The smallest absolute Gasteiger partial charge is 0.252 e. The quantitative estimate of drug-likeness (QED) is 0.660. The van der Waals surface area contributed by atoms with Gasteiger partial charge in [0, 0.05) is 6.54 Å². The van der Waals surface area contributed by atoms with Gasteiger partial charge in [0.1, 0.15) is 12.4 Å². The molecule has 0 aromatic carbocycles. The number of hydrogen-bond donors (Lipinski definition) is 1. The molecule has 0 aliphatic heterocycles. The molecule has 1 rings (SSSR count). The number of hydrogen-bond acceptors (Lipinski definition) is 4. The zero-order valence-electron chi connectivity index (χ0n) is 7.15. The van der Waals surface area contributed by atoms with Crippen molar-refractivity contribution in [3.8, 4) is 6.07 Å². The lowest BCUT2D eigenvalue weighted by Gasteiger charge is -2.21. The van der Waals surface area contributed by atoms with Crippen molar-refractivity contribution in [2.24, 2.45) is 5.73 Å². The Hall–Kier alpha value is -1.41. The van der Waals surface area contributed by atoms with Gasteiger partial charge in [-0.3, -0.25) is 0 Å². The maximum absolute atomic E-state index is 8.47. The van der Waals surface area contributed by atoms with E-state index in [0.29, 0.717) is 6.54 Å². The lowest BCUT2D eigenvalue weighted by atomic mass is 10.1. The fourth-order valence-corrected chi connectivity index (χ4v) is 0.699. The first-order chi connectivity index (χ1) is 5.60. The molecule has 1 aromatic heterocycles. The number of nitrogens with two attached hydrogens (primary N) is 1. The van der Waals surface area contributed by atoms with Gasteiger partial charge in [-0.25, -0.2) is 9.67 Å². The van der Waals surface area contributed by atoms with E-state index in [1.165, 1.54) is 6.33 Å². The van der Waals surface area contributed by atoms with Crippen LogP contribution in [0.5, 0.6) is 0 Å². The predicted octanol–water partition coefficient (Wildman–Crippen LogP) is -0.156. The molecule has 0 unspecified atom stereocenters. The van der Waals surface area contributed by atoms with Crippen molar-refractivity contribution >= 4 is 0 Å². The minimum absolute atomic E-state index is 0.177. The zero-order valence-corrected chi connectivity index (χ0v) is 7.15. The highest BCUT2D eigenvalue weighted by Crippen LogP contribution is 2.10. The van der Waals surface area contributed by atoms with Gasteiger partial charge in [-0.1, -0.05) is 0 Å². The highest BCUT2D eigenvalue weighted by Gasteiger charge is 2.19. The summed E-state index contributed by atoms with van der Waals surface area (Å²) in [6, 6.07) is 1.86. The fourth-order valence-electron chi connectivity index (χ4n) is 0.699. The normalized spacial score (nSPS) is 11.2. The molecule has 1 heterocycles. The second-order valence-corrected chi connectivity index (χ2v) is 3.14. The maximum atomic E-state index is 8.47. The molecule has 12 heavy (non-hydrogen) atoms. The van der Waals surface area contributed by atoms with Crippen LogP contribution in [0.3, 0.4) is 0 Å². The molecular weight excluding hydrogens is 154 g/mol. The molecule has 0 radical (unpaired) electrons. The van der Waals surface area contributed by atoms with E-state index in [4.69, 9.17) is 11.0 Å². The molecule has 0 saturated carbocycles. The van der Waals surface area contributed by atoms with Crippen molar-refractivity contribution in [2.45, 2.75) is 19.4 Å². The molecule has 0 aliphatic carbocycles. The van der Waals surface area contributed by atoms with E-state index in [1.54, 1.807) is 4.68 Å². The molecule has 5 heteroatoms. The minimum Gasteiger partial charge on any atom is -0.328 e. The summed E-state index contributed by atoms with van der Waals surface area (Å²) in [5, 5.41) is 12.4. The van der Waals surface area contributed by atoms with Crippen molar-refractivity contribution in [3.63, 3.8) is 0 Å². The Bertz CT molecular complexity index is 306.